The molecule has 2 heterocycles. The van der Waals surface area contributed by atoms with Crippen LogP contribution in [0.4, 0.5) is 0 Å². The molecular formula is C22H29N2O+. The predicted molar refractivity (Wildman–Crippen MR) is 102 cm³/mol. The van der Waals surface area contributed by atoms with Gasteiger partial charge in [0.25, 0.3) is 0 Å². The molecule has 1 aromatic carbocycles. The number of pyridine rings is 1. The lowest BCUT2D eigenvalue weighted by molar-refractivity contribution is -0.569. The highest BCUT2D eigenvalue weighted by atomic mass is 16.3. The predicted octanol–water partition coefficient (Wildman–Crippen LogP) is 4.14. The average Bonchev–Trinajstić information content (AvgIpc) is 2.65. The molecule has 0 saturated heterocycles. The Morgan fingerprint density at radius 1 is 1.16 bits per heavy atom. The second kappa shape index (κ2) is 7.92. The highest BCUT2D eigenvalue weighted by molar-refractivity contribution is 5.77. The molecule has 0 aliphatic carbocycles. The third-order valence-electron chi connectivity index (χ3n) is 5.46. The fraction of sp³-hybridized carbons (Fsp3) is 0.455. The van der Waals surface area contributed by atoms with Gasteiger partial charge >= 0.3 is 0 Å². The van der Waals surface area contributed by atoms with Gasteiger partial charge in [-0.1, -0.05) is 36.4 Å². The van der Waals surface area contributed by atoms with Crippen molar-refractivity contribution in [3.63, 3.8) is 0 Å². The van der Waals surface area contributed by atoms with E-state index in [1.54, 1.807) is 6.20 Å². The van der Waals surface area contributed by atoms with Gasteiger partial charge in [-0.05, 0) is 37.5 Å². The van der Waals surface area contributed by atoms with Gasteiger partial charge in [0.1, 0.15) is 23.9 Å². The van der Waals surface area contributed by atoms with Crippen LogP contribution < -0.4 is 0 Å². The first-order valence-corrected chi connectivity index (χ1v) is 9.40. The van der Waals surface area contributed by atoms with E-state index in [1.165, 1.54) is 25.0 Å². The Bertz CT molecular complexity index is 670. The lowest BCUT2D eigenvalue weighted by atomic mass is 9.85. The fourth-order valence-corrected chi connectivity index (χ4v) is 3.99. The van der Waals surface area contributed by atoms with E-state index < -0.39 is 5.60 Å². The highest BCUT2D eigenvalue weighted by Gasteiger charge is 2.33. The van der Waals surface area contributed by atoms with Crippen molar-refractivity contribution < 1.29 is 9.68 Å². The first-order valence-electron chi connectivity index (χ1n) is 9.40. The molecule has 1 aliphatic heterocycles. The van der Waals surface area contributed by atoms with Crippen molar-refractivity contribution in [2.24, 2.45) is 0 Å². The lowest BCUT2D eigenvalue weighted by Gasteiger charge is -2.28. The molecule has 3 heteroatoms. The van der Waals surface area contributed by atoms with E-state index in [0.717, 1.165) is 24.2 Å². The summed E-state index contributed by atoms with van der Waals surface area (Å²) in [5, 5.41) is 11.5. The molecule has 2 aromatic rings. The Hall–Kier alpha value is -2.00. The SMILES string of the molecule is CC1=[N+](CCCC(O)(c2ccccc2)c2ccccn2)C(C)CCC1. The topological polar surface area (TPSA) is 36.1 Å². The zero-order chi connectivity index (χ0) is 17.7. The first kappa shape index (κ1) is 17.8. The van der Waals surface area contributed by atoms with Crippen LogP contribution in [0.2, 0.25) is 0 Å². The van der Waals surface area contributed by atoms with Crippen LogP contribution in [0.1, 0.15) is 57.2 Å². The molecule has 0 amide bonds. The molecule has 1 aliphatic rings. The zero-order valence-corrected chi connectivity index (χ0v) is 15.4. The van der Waals surface area contributed by atoms with E-state index >= 15 is 0 Å². The third-order valence-corrected chi connectivity index (χ3v) is 5.46. The van der Waals surface area contributed by atoms with Gasteiger partial charge in [-0.25, -0.2) is 4.58 Å². The van der Waals surface area contributed by atoms with Crippen LogP contribution in [0, 0.1) is 0 Å². The molecule has 0 fully saturated rings. The highest BCUT2D eigenvalue weighted by Crippen LogP contribution is 2.33. The van der Waals surface area contributed by atoms with Crippen LogP contribution in [0.25, 0.3) is 0 Å². The van der Waals surface area contributed by atoms with Crippen molar-refractivity contribution in [3.05, 3.63) is 66.0 Å². The number of aromatic nitrogens is 1. The molecule has 2 unspecified atom stereocenters. The summed E-state index contributed by atoms with van der Waals surface area (Å²) in [6.45, 7) is 5.55. The molecule has 0 saturated carbocycles. The standard InChI is InChI=1S/C22H29N2O/c1-18-10-8-11-19(2)24(18)17-9-15-22(25,20-12-4-3-5-13-20)21-14-6-7-16-23-21/h3-7,12-14,16,18,25H,8-11,15,17H2,1-2H3/q+1. The summed E-state index contributed by atoms with van der Waals surface area (Å²) < 4.78 is 2.52. The summed E-state index contributed by atoms with van der Waals surface area (Å²) in [4.78, 5) is 4.45. The second-order valence-electron chi connectivity index (χ2n) is 7.21. The van der Waals surface area contributed by atoms with Gasteiger partial charge < -0.3 is 5.11 Å². The van der Waals surface area contributed by atoms with Gasteiger partial charge in [0.05, 0.1) is 5.69 Å². The summed E-state index contributed by atoms with van der Waals surface area (Å²) in [5.74, 6) is 0. The van der Waals surface area contributed by atoms with Gasteiger partial charge in [0.15, 0.2) is 0 Å². The summed E-state index contributed by atoms with van der Waals surface area (Å²) in [6, 6.07) is 16.3. The van der Waals surface area contributed by atoms with E-state index in [0.29, 0.717) is 12.5 Å². The number of hydrogen-bond donors (Lipinski definition) is 1. The molecule has 0 spiro atoms. The van der Waals surface area contributed by atoms with Crippen molar-refractivity contribution in [2.45, 2.75) is 57.6 Å². The van der Waals surface area contributed by atoms with E-state index in [9.17, 15) is 5.11 Å². The Labute approximate surface area is 151 Å². The summed E-state index contributed by atoms with van der Waals surface area (Å²) in [7, 11) is 0. The summed E-state index contributed by atoms with van der Waals surface area (Å²) in [5.41, 5.74) is 2.10. The van der Waals surface area contributed by atoms with E-state index in [-0.39, 0.29) is 0 Å². The van der Waals surface area contributed by atoms with Gasteiger partial charge in [-0.15, -0.1) is 0 Å². The van der Waals surface area contributed by atoms with Crippen LogP contribution in [-0.4, -0.2) is 33.0 Å². The summed E-state index contributed by atoms with van der Waals surface area (Å²) in [6.07, 6.45) is 7.13. The first-order chi connectivity index (χ1) is 12.1. The van der Waals surface area contributed by atoms with Gasteiger partial charge in [0, 0.05) is 32.4 Å². The minimum atomic E-state index is -1.03. The van der Waals surface area contributed by atoms with Crippen LogP contribution >= 0.6 is 0 Å². The van der Waals surface area contributed by atoms with E-state index in [1.807, 2.05) is 48.5 Å². The van der Waals surface area contributed by atoms with Crippen molar-refractivity contribution in [2.75, 3.05) is 6.54 Å². The van der Waals surface area contributed by atoms with Crippen molar-refractivity contribution >= 4 is 5.71 Å². The normalized spacial score (nSPS) is 20.4. The maximum atomic E-state index is 11.5. The van der Waals surface area contributed by atoms with Crippen LogP contribution in [0.15, 0.2) is 54.7 Å². The molecule has 3 rings (SSSR count). The molecule has 0 radical (unpaired) electrons. The van der Waals surface area contributed by atoms with Gasteiger partial charge in [-0.3, -0.25) is 4.98 Å². The molecule has 0 bridgehead atoms. The second-order valence-corrected chi connectivity index (χ2v) is 7.21. The van der Waals surface area contributed by atoms with Crippen molar-refractivity contribution in [3.8, 4) is 0 Å². The smallest absolute Gasteiger partial charge is 0.149 e. The summed E-state index contributed by atoms with van der Waals surface area (Å²) >= 11 is 0. The van der Waals surface area contributed by atoms with Gasteiger partial charge in [-0.2, -0.15) is 0 Å². The maximum Gasteiger partial charge on any atom is 0.149 e. The third kappa shape index (κ3) is 3.98. The molecule has 1 N–H and O–H groups in total. The molecule has 3 nitrogen and oxygen atoms in total. The maximum absolute atomic E-state index is 11.5. The van der Waals surface area contributed by atoms with E-state index in [4.69, 9.17) is 0 Å². The Morgan fingerprint density at radius 3 is 2.60 bits per heavy atom. The van der Waals surface area contributed by atoms with Crippen molar-refractivity contribution in [1.82, 2.24) is 4.98 Å². The number of rotatable bonds is 6. The minimum absolute atomic E-state index is 0.605. The Morgan fingerprint density at radius 2 is 1.92 bits per heavy atom. The zero-order valence-electron chi connectivity index (χ0n) is 15.4. The van der Waals surface area contributed by atoms with Crippen LogP contribution in [0.3, 0.4) is 0 Å². The largest absolute Gasteiger partial charge is 0.379 e. The van der Waals surface area contributed by atoms with Crippen molar-refractivity contribution in [1.29, 1.82) is 0 Å². The number of aliphatic hydroxyl groups is 1. The minimum Gasteiger partial charge on any atom is -0.379 e. The Balaban J connectivity index is 1.80. The van der Waals surface area contributed by atoms with E-state index in [2.05, 4.69) is 23.4 Å². The number of nitrogens with zero attached hydrogens (tertiary/aromatic N) is 2. The molecule has 132 valence electrons. The fourth-order valence-electron chi connectivity index (χ4n) is 3.99. The number of hydrogen-bond acceptors (Lipinski definition) is 2. The molecular weight excluding hydrogens is 308 g/mol. The Kier molecular flexibility index (Phi) is 5.64. The monoisotopic (exact) mass is 337 g/mol. The number of benzene rings is 1. The average molecular weight is 337 g/mol. The lowest BCUT2D eigenvalue weighted by Crippen LogP contribution is -2.35. The molecule has 25 heavy (non-hydrogen) atoms. The van der Waals surface area contributed by atoms with Gasteiger partial charge in [0.2, 0.25) is 0 Å². The quantitative estimate of drug-likeness (QED) is 0.804. The van der Waals surface area contributed by atoms with Crippen LogP contribution in [-0.2, 0) is 5.60 Å². The molecule has 1 aromatic heterocycles. The molecule has 2 atom stereocenters. The van der Waals surface area contributed by atoms with Crippen LogP contribution in [0.5, 0.6) is 0 Å².